The van der Waals surface area contributed by atoms with Gasteiger partial charge in [0.05, 0.1) is 5.56 Å². The van der Waals surface area contributed by atoms with Gasteiger partial charge in [0.15, 0.2) is 0 Å². The van der Waals surface area contributed by atoms with Gasteiger partial charge >= 0.3 is 5.97 Å². The predicted molar refractivity (Wildman–Crippen MR) is 65.0 cm³/mol. The highest BCUT2D eigenvalue weighted by Crippen LogP contribution is 2.20. The molecule has 1 aromatic rings. The molecule has 0 heterocycles. The second-order valence-electron chi connectivity index (χ2n) is 3.75. The number of hydrogen-bond acceptors (Lipinski definition) is 3. The van der Waals surface area contributed by atoms with Gasteiger partial charge in [0.2, 0.25) is 0 Å². The van der Waals surface area contributed by atoms with Gasteiger partial charge in [-0.05, 0) is 31.6 Å². The largest absolute Gasteiger partial charge is 0.478 e. The molecule has 0 saturated heterocycles. The molecule has 0 bridgehead atoms. The van der Waals surface area contributed by atoms with E-state index in [-0.39, 0.29) is 5.69 Å². The maximum Gasteiger partial charge on any atom is 0.335 e. The summed E-state index contributed by atoms with van der Waals surface area (Å²) in [6.07, 6.45) is 0.716. The minimum atomic E-state index is -1.36. The van der Waals surface area contributed by atoms with E-state index in [4.69, 9.17) is 5.11 Å². The second-order valence-corrected chi connectivity index (χ2v) is 3.75. The zero-order valence-electron chi connectivity index (χ0n) is 10.1. The van der Waals surface area contributed by atoms with Gasteiger partial charge in [-0.2, -0.15) is 0 Å². The van der Waals surface area contributed by atoms with E-state index in [1.807, 2.05) is 6.92 Å². The van der Waals surface area contributed by atoms with Crippen molar-refractivity contribution in [1.29, 1.82) is 0 Å². The van der Waals surface area contributed by atoms with Crippen molar-refractivity contribution in [3.05, 3.63) is 29.3 Å². The number of anilines is 1. The summed E-state index contributed by atoms with van der Waals surface area (Å²) in [6, 6.07) is 1.61. The lowest BCUT2D eigenvalue weighted by Gasteiger charge is -2.09. The maximum atomic E-state index is 13.5. The van der Waals surface area contributed by atoms with Crippen LogP contribution in [0.5, 0.6) is 0 Å². The molecule has 0 spiro atoms. The molecule has 0 fully saturated rings. The van der Waals surface area contributed by atoms with Gasteiger partial charge in [0.1, 0.15) is 17.3 Å². The Bertz CT molecular complexity index is 402. The lowest BCUT2D eigenvalue weighted by atomic mass is 10.2. The Morgan fingerprint density at radius 2 is 1.89 bits per heavy atom. The molecular weight excluding hydrogens is 242 g/mol. The van der Waals surface area contributed by atoms with Crippen LogP contribution in [0, 0.1) is 11.6 Å². The monoisotopic (exact) mass is 258 g/mol. The number of nitrogens with one attached hydrogen (secondary N) is 2. The Morgan fingerprint density at radius 3 is 2.39 bits per heavy atom. The number of rotatable bonds is 7. The molecule has 4 nitrogen and oxygen atoms in total. The molecule has 0 saturated carbocycles. The van der Waals surface area contributed by atoms with Crippen LogP contribution in [0.15, 0.2) is 12.1 Å². The highest BCUT2D eigenvalue weighted by Gasteiger charge is 2.13. The first-order chi connectivity index (χ1) is 8.56. The van der Waals surface area contributed by atoms with Crippen LogP contribution in [0.25, 0.3) is 0 Å². The fourth-order valence-electron chi connectivity index (χ4n) is 1.47. The molecule has 0 aromatic heterocycles. The van der Waals surface area contributed by atoms with Crippen molar-refractivity contribution in [2.45, 2.75) is 13.3 Å². The smallest absolute Gasteiger partial charge is 0.335 e. The fraction of sp³-hybridized carbons (Fsp3) is 0.417. The fourth-order valence-corrected chi connectivity index (χ4v) is 1.47. The van der Waals surface area contributed by atoms with E-state index in [2.05, 4.69) is 10.6 Å². The summed E-state index contributed by atoms with van der Waals surface area (Å²) in [5.74, 6) is -3.14. The predicted octanol–water partition coefficient (Wildman–Crippen LogP) is 2.07. The molecule has 18 heavy (non-hydrogen) atoms. The zero-order valence-corrected chi connectivity index (χ0v) is 10.1. The van der Waals surface area contributed by atoms with E-state index in [0.717, 1.165) is 25.2 Å². The molecule has 6 heteroatoms. The normalized spacial score (nSPS) is 10.4. The second kappa shape index (κ2) is 6.90. The van der Waals surface area contributed by atoms with Gasteiger partial charge in [-0.3, -0.25) is 0 Å². The van der Waals surface area contributed by atoms with Crippen LogP contribution in [-0.2, 0) is 0 Å². The van der Waals surface area contributed by atoms with E-state index < -0.39 is 23.2 Å². The Kier molecular flexibility index (Phi) is 5.51. The number of aromatic carboxylic acids is 1. The van der Waals surface area contributed by atoms with Crippen LogP contribution in [0.2, 0.25) is 0 Å². The Hall–Kier alpha value is -1.69. The first kappa shape index (κ1) is 14.4. The number of carboxylic acids is 1. The van der Waals surface area contributed by atoms with Crippen molar-refractivity contribution in [2.75, 3.05) is 25.0 Å². The summed E-state index contributed by atoms with van der Waals surface area (Å²) in [5.41, 5.74) is -0.681. The van der Waals surface area contributed by atoms with Crippen LogP contribution in [-0.4, -0.2) is 30.7 Å². The molecule has 100 valence electrons. The number of halogens is 2. The highest BCUT2D eigenvalue weighted by atomic mass is 19.1. The molecule has 0 aliphatic carbocycles. The number of benzene rings is 1. The molecule has 0 aliphatic rings. The topological polar surface area (TPSA) is 61.4 Å². The minimum Gasteiger partial charge on any atom is -0.478 e. The third-order valence-corrected chi connectivity index (χ3v) is 2.37. The van der Waals surface area contributed by atoms with Crippen molar-refractivity contribution in [2.24, 2.45) is 0 Å². The SMILES string of the molecule is CCNCCCNc1c(F)cc(C(=O)O)cc1F. The van der Waals surface area contributed by atoms with Crippen molar-refractivity contribution in [3.63, 3.8) is 0 Å². The van der Waals surface area contributed by atoms with Crippen molar-refractivity contribution < 1.29 is 18.7 Å². The highest BCUT2D eigenvalue weighted by molar-refractivity contribution is 5.88. The zero-order chi connectivity index (χ0) is 13.5. The van der Waals surface area contributed by atoms with Crippen LogP contribution in [0.1, 0.15) is 23.7 Å². The van der Waals surface area contributed by atoms with Gasteiger partial charge < -0.3 is 15.7 Å². The van der Waals surface area contributed by atoms with Gasteiger partial charge in [0.25, 0.3) is 0 Å². The molecule has 0 aliphatic heterocycles. The van der Waals surface area contributed by atoms with E-state index in [9.17, 15) is 13.6 Å². The van der Waals surface area contributed by atoms with E-state index in [0.29, 0.717) is 13.0 Å². The first-order valence-electron chi connectivity index (χ1n) is 5.73. The lowest BCUT2D eigenvalue weighted by molar-refractivity contribution is 0.0696. The maximum absolute atomic E-state index is 13.5. The van der Waals surface area contributed by atoms with Crippen LogP contribution >= 0.6 is 0 Å². The average molecular weight is 258 g/mol. The van der Waals surface area contributed by atoms with E-state index >= 15 is 0 Å². The quantitative estimate of drug-likeness (QED) is 0.655. The first-order valence-corrected chi connectivity index (χ1v) is 5.73. The molecule has 0 atom stereocenters. The van der Waals surface area contributed by atoms with Crippen molar-refractivity contribution in [1.82, 2.24) is 5.32 Å². The summed E-state index contributed by atoms with van der Waals surface area (Å²) in [7, 11) is 0. The summed E-state index contributed by atoms with van der Waals surface area (Å²) in [4.78, 5) is 10.6. The van der Waals surface area contributed by atoms with Crippen LogP contribution in [0.4, 0.5) is 14.5 Å². The van der Waals surface area contributed by atoms with Gasteiger partial charge in [0, 0.05) is 6.54 Å². The third kappa shape index (κ3) is 3.96. The number of carbonyl (C=O) groups is 1. The lowest BCUT2D eigenvalue weighted by Crippen LogP contribution is -2.18. The van der Waals surface area contributed by atoms with E-state index in [1.54, 1.807) is 0 Å². The summed E-state index contributed by atoms with van der Waals surface area (Å²) < 4.78 is 26.9. The van der Waals surface area contributed by atoms with Crippen LogP contribution < -0.4 is 10.6 Å². The average Bonchev–Trinajstić information content (AvgIpc) is 2.31. The Labute approximate surface area is 104 Å². The molecule has 0 radical (unpaired) electrons. The third-order valence-electron chi connectivity index (χ3n) is 2.37. The minimum absolute atomic E-state index is 0.281. The standard InChI is InChI=1S/C12H16F2N2O2/c1-2-15-4-3-5-16-11-9(13)6-8(12(17)18)7-10(11)14/h6-7,15-16H,2-5H2,1H3,(H,17,18). The molecule has 0 unspecified atom stereocenters. The van der Waals surface area contributed by atoms with Gasteiger partial charge in [-0.25, -0.2) is 13.6 Å². The summed E-state index contributed by atoms with van der Waals surface area (Å²) in [5, 5.41) is 14.3. The van der Waals surface area contributed by atoms with Gasteiger partial charge in [-0.1, -0.05) is 6.92 Å². The Morgan fingerprint density at radius 1 is 1.28 bits per heavy atom. The molecular formula is C12H16F2N2O2. The molecule has 1 rings (SSSR count). The molecule has 0 amide bonds. The molecule has 1 aromatic carbocycles. The number of carboxylic acid groups (broad SMARTS) is 1. The summed E-state index contributed by atoms with van der Waals surface area (Å²) >= 11 is 0. The van der Waals surface area contributed by atoms with Crippen molar-refractivity contribution >= 4 is 11.7 Å². The van der Waals surface area contributed by atoms with Crippen LogP contribution in [0.3, 0.4) is 0 Å². The Balaban J connectivity index is 2.63. The van der Waals surface area contributed by atoms with Crippen molar-refractivity contribution in [3.8, 4) is 0 Å². The summed E-state index contributed by atoms with van der Waals surface area (Å²) in [6.45, 7) is 3.97. The number of hydrogen-bond donors (Lipinski definition) is 3. The van der Waals surface area contributed by atoms with E-state index in [1.165, 1.54) is 0 Å². The van der Waals surface area contributed by atoms with Gasteiger partial charge in [-0.15, -0.1) is 0 Å². The molecule has 3 N–H and O–H groups in total.